The number of para-hydroxylation sites is 1. The molecule has 3 rings (SSSR count). The lowest BCUT2D eigenvalue weighted by Gasteiger charge is -2.30. The maximum Gasteiger partial charge on any atom is 0.226 e. The fourth-order valence-corrected chi connectivity index (χ4v) is 3.02. The van der Waals surface area contributed by atoms with Crippen LogP contribution in [0.1, 0.15) is 32.0 Å². The van der Waals surface area contributed by atoms with E-state index < -0.39 is 0 Å². The summed E-state index contributed by atoms with van der Waals surface area (Å²) in [5.41, 5.74) is 0.981. The molecule has 1 fully saturated rings. The lowest BCUT2D eigenvalue weighted by molar-refractivity contribution is -0.134. The first-order valence-corrected chi connectivity index (χ1v) is 8.13. The number of rotatable bonds is 5. The average molecular weight is 314 g/mol. The van der Waals surface area contributed by atoms with Crippen LogP contribution in [0.4, 0.5) is 0 Å². The molecule has 2 atom stereocenters. The summed E-state index contributed by atoms with van der Waals surface area (Å²) in [6.07, 6.45) is 4.37. The van der Waals surface area contributed by atoms with Crippen LogP contribution in [0.15, 0.2) is 36.7 Å². The number of ether oxygens (including phenoxy) is 1. The van der Waals surface area contributed by atoms with Crippen molar-refractivity contribution in [1.29, 1.82) is 0 Å². The van der Waals surface area contributed by atoms with Gasteiger partial charge in [-0.2, -0.15) is 0 Å². The number of nitrogens with one attached hydrogen (secondary N) is 1. The van der Waals surface area contributed by atoms with E-state index in [1.54, 1.807) is 6.33 Å². The number of carbonyl (C=O) groups is 1. The zero-order chi connectivity index (χ0) is 16.1. The maximum absolute atomic E-state index is 12.5. The number of aromatic nitrogens is 3. The number of hydrogen-bond acceptors (Lipinski definition) is 4. The maximum atomic E-state index is 12.5. The van der Waals surface area contributed by atoms with Crippen molar-refractivity contribution in [3.63, 3.8) is 0 Å². The van der Waals surface area contributed by atoms with Crippen molar-refractivity contribution in [3.05, 3.63) is 42.5 Å². The van der Waals surface area contributed by atoms with Crippen LogP contribution in [0.2, 0.25) is 0 Å². The molecule has 0 spiro atoms. The Morgan fingerprint density at radius 3 is 3.00 bits per heavy atom. The number of carbonyl (C=O) groups excluding carboxylic acids is 1. The molecule has 1 aromatic carbocycles. The number of amides is 1. The SMILES string of the molecule is CC[C@@H]1OCCC[C@H]1C(=O)NCc1nncn1-c1ccccc1. The largest absolute Gasteiger partial charge is 0.377 e. The van der Waals surface area contributed by atoms with Crippen LogP contribution in [0, 0.1) is 5.92 Å². The molecule has 1 amide bonds. The van der Waals surface area contributed by atoms with Crippen LogP contribution < -0.4 is 5.32 Å². The quantitative estimate of drug-likeness (QED) is 0.917. The highest BCUT2D eigenvalue weighted by atomic mass is 16.5. The lowest BCUT2D eigenvalue weighted by Crippen LogP contribution is -2.41. The Morgan fingerprint density at radius 1 is 1.39 bits per heavy atom. The fourth-order valence-electron chi connectivity index (χ4n) is 3.02. The summed E-state index contributed by atoms with van der Waals surface area (Å²) in [6.45, 7) is 3.17. The second-order valence-corrected chi connectivity index (χ2v) is 5.74. The van der Waals surface area contributed by atoms with Gasteiger partial charge in [0.15, 0.2) is 5.82 Å². The van der Waals surface area contributed by atoms with Crippen molar-refractivity contribution in [2.24, 2.45) is 5.92 Å². The molecule has 1 aliphatic heterocycles. The second-order valence-electron chi connectivity index (χ2n) is 5.74. The van der Waals surface area contributed by atoms with Crippen molar-refractivity contribution < 1.29 is 9.53 Å². The highest BCUT2D eigenvalue weighted by Gasteiger charge is 2.30. The summed E-state index contributed by atoms with van der Waals surface area (Å²) < 4.78 is 7.58. The van der Waals surface area contributed by atoms with Gasteiger partial charge in [0.1, 0.15) is 6.33 Å². The predicted molar refractivity (Wildman–Crippen MR) is 86.0 cm³/mol. The molecule has 0 radical (unpaired) electrons. The summed E-state index contributed by atoms with van der Waals surface area (Å²) in [5, 5.41) is 11.1. The average Bonchev–Trinajstić information content (AvgIpc) is 3.09. The Labute approximate surface area is 135 Å². The highest BCUT2D eigenvalue weighted by molar-refractivity contribution is 5.79. The van der Waals surface area contributed by atoms with Gasteiger partial charge in [-0.05, 0) is 31.4 Å². The third-order valence-electron chi connectivity index (χ3n) is 4.25. The van der Waals surface area contributed by atoms with Gasteiger partial charge in [-0.15, -0.1) is 10.2 Å². The summed E-state index contributed by atoms with van der Waals surface area (Å²) in [7, 11) is 0. The van der Waals surface area contributed by atoms with E-state index in [2.05, 4.69) is 22.4 Å². The topological polar surface area (TPSA) is 69.0 Å². The molecule has 0 unspecified atom stereocenters. The van der Waals surface area contributed by atoms with E-state index >= 15 is 0 Å². The van der Waals surface area contributed by atoms with Crippen LogP contribution in [-0.2, 0) is 16.1 Å². The molecule has 6 heteroatoms. The van der Waals surface area contributed by atoms with Crippen molar-refractivity contribution in [2.45, 2.75) is 38.8 Å². The van der Waals surface area contributed by atoms with Crippen molar-refractivity contribution in [2.75, 3.05) is 6.61 Å². The van der Waals surface area contributed by atoms with Gasteiger partial charge in [0, 0.05) is 12.3 Å². The molecular formula is C17H22N4O2. The molecule has 1 aromatic heterocycles. The number of benzene rings is 1. The summed E-state index contributed by atoms with van der Waals surface area (Å²) >= 11 is 0. The first-order chi connectivity index (χ1) is 11.3. The van der Waals surface area contributed by atoms with Crippen LogP contribution >= 0.6 is 0 Å². The van der Waals surface area contributed by atoms with Gasteiger partial charge in [-0.25, -0.2) is 0 Å². The smallest absolute Gasteiger partial charge is 0.226 e. The number of hydrogen-bond donors (Lipinski definition) is 1. The van der Waals surface area contributed by atoms with E-state index in [-0.39, 0.29) is 17.9 Å². The minimum Gasteiger partial charge on any atom is -0.377 e. The summed E-state index contributed by atoms with van der Waals surface area (Å²) in [5.74, 6) is 0.690. The van der Waals surface area contributed by atoms with Gasteiger partial charge in [0.05, 0.1) is 18.6 Å². The third-order valence-corrected chi connectivity index (χ3v) is 4.25. The van der Waals surface area contributed by atoms with E-state index in [1.807, 2.05) is 34.9 Å². The van der Waals surface area contributed by atoms with Gasteiger partial charge < -0.3 is 10.1 Å². The lowest BCUT2D eigenvalue weighted by atomic mass is 9.92. The van der Waals surface area contributed by atoms with Gasteiger partial charge in [-0.1, -0.05) is 25.1 Å². The standard InChI is InChI=1S/C17H22N4O2/c1-2-15-14(9-6-10-23-15)17(22)18-11-16-20-19-12-21(16)13-7-4-3-5-8-13/h3-5,7-8,12,14-15H,2,6,9-11H2,1H3,(H,18,22)/t14-,15+/m1/s1. The molecule has 1 saturated heterocycles. The molecule has 1 N–H and O–H groups in total. The first kappa shape index (κ1) is 15.7. The normalized spacial score (nSPS) is 21.1. The Hall–Kier alpha value is -2.21. The zero-order valence-electron chi connectivity index (χ0n) is 13.3. The monoisotopic (exact) mass is 314 g/mol. The molecule has 0 aliphatic carbocycles. The molecule has 2 aromatic rings. The third kappa shape index (κ3) is 3.59. The van der Waals surface area contributed by atoms with Crippen molar-refractivity contribution >= 4 is 5.91 Å². The van der Waals surface area contributed by atoms with Crippen LogP contribution in [0.3, 0.4) is 0 Å². The van der Waals surface area contributed by atoms with Gasteiger partial charge in [0.2, 0.25) is 5.91 Å². The van der Waals surface area contributed by atoms with Gasteiger partial charge in [0.25, 0.3) is 0 Å². The Balaban J connectivity index is 1.65. The molecule has 6 nitrogen and oxygen atoms in total. The van der Waals surface area contributed by atoms with E-state index in [4.69, 9.17) is 4.74 Å². The Kier molecular flexibility index (Phi) is 5.02. The molecule has 0 bridgehead atoms. The minimum absolute atomic E-state index is 0.0238. The van der Waals surface area contributed by atoms with Crippen molar-refractivity contribution in [1.82, 2.24) is 20.1 Å². The number of nitrogens with zero attached hydrogens (tertiary/aromatic N) is 3. The van der Waals surface area contributed by atoms with E-state index in [0.29, 0.717) is 12.4 Å². The highest BCUT2D eigenvalue weighted by Crippen LogP contribution is 2.23. The summed E-state index contributed by atoms with van der Waals surface area (Å²) in [6, 6.07) is 9.85. The zero-order valence-corrected chi connectivity index (χ0v) is 13.3. The van der Waals surface area contributed by atoms with Gasteiger partial charge in [-0.3, -0.25) is 9.36 Å². The van der Waals surface area contributed by atoms with E-state index in [0.717, 1.165) is 31.6 Å². The molecule has 2 heterocycles. The molecular weight excluding hydrogens is 292 g/mol. The van der Waals surface area contributed by atoms with Crippen LogP contribution in [0.25, 0.3) is 5.69 Å². The van der Waals surface area contributed by atoms with Crippen molar-refractivity contribution in [3.8, 4) is 5.69 Å². The van der Waals surface area contributed by atoms with E-state index in [1.165, 1.54) is 0 Å². The van der Waals surface area contributed by atoms with Crippen LogP contribution in [-0.4, -0.2) is 33.4 Å². The van der Waals surface area contributed by atoms with Gasteiger partial charge >= 0.3 is 0 Å². The molecule has 122 valence electrons. The van der Waals surface area contributed by atoms with E-state index in [9.17, 15) is 4.79 Å². The summed E-state index contributed by atoms with van der Waals surface area (Å²) in [4.78, 5) is 12.5. The Bertz CT molecular complexity index is 641. The van der Waals surface area contributed by atoms with Crippen LogP contribution in [0.5, 0.6) is 0 Å². The predicted octanol–water partition coefficient (Wildman–Crippen LogP) is 2.09. The fraction of sp³-hybridized carbons (Fsp3) is 0.471. The molecule has 23 heavy (non-hydrogen) atoms. The minimum atomic E-state index is -0.0677. The first-order valence-electron chi connectivity index (χ1n) is 8.13. The Morgan fingerprint density at radius 2 is 2.22 bits per heavy atom. The molecule has 0 saturated carbocycles. The molecule has 1 aliphatic rings. The second kappa shape index (κ2) is 7.37.